The molecule has 0 N–H and O–H groups in total. The Morgan fingerprint density at radius 2 is 1.70 bits per heavy atom. The molecule has 1 heteroatoms. The topological polar surface area (TPSA) is 17.1 Å². The molecule has 1 nitrogen and oxygen atoms in total. The zero-order valence-corrected chi connectivity index (χ0v) is 14.0. The quantitative estimate of drug-likeness (QED) is 0.765. The highest BCUT2D eigenvalue weighted by molar-refractivity contribution is 5.81. The normalized spacial score (nSPS) is 26.9. The third-order valence-corrected chi connectivity index (χ3v) is 5.73. The van der Waals surface area contributed by atoms with E-state index in [0.29, 0.717) is 11.7 Å². The minimum atomic E-state index is -0.0810. The van der Waals surface area contributed by atoms with E-state index in [-0.39, 0.29) is 16.7 Å². The van der Waals surface area contributed by atoms with Crippen molar-refractivity contribution in [1.29, 1.82) is 0 Å². The van der Waals surface area contributed by atoms with Crippen LogP contribution in [0.25, 0.3) is 0 Å². The molecular weight excluding hydrogens is 244 g/mol. The number of carbonyl (C=O) groups is 1. The zero-order valence-electron chi connectivity index (χ0n) is 14.0. The molecule has 0 amide bonds. The average molecular weight is 272 g/mol. The summed E-state index contributed by atoms with van der Waals surface area (Å²) in [6.07, 6.45) is 1.06. The molecule has 0 saturated heterocycles. The third kappa shape index (κ3) is 2.03. The second-order valence-corrected chi connectivity index (χ2v) is 7.55. The van der Waals surface area contributed by atoms with Gasteiger partial charge in [-0.05, 0) is 46.8 Å². The number of hydrogen-bond donors (Lipinski definition) is 0. The van der Waals surface area contributed by atoms with Crippen LogP contribution in [0, 0.1) is 11.8 Å². The maximum atomic E-state index is 12.2. The maximum absolute atomic E-state index is 12.2. The van der Waals surface area contributed by atoms with E-state index in [2.05, 4.69) is 59.7 Å². The Bertz CT molecular complexity index is 537. The van der Waals surface area contributed by atoms with Crippen molar-refractivity contribution in [2.24, 2.45) is 11.8 Å². The average Bonchev–Trinajstić information content (AvgIpc) is 2.35. The Hall–Kier alpha value is -1.11. The first-order valence-corrected chi connectivity index (χ1v) is 7.78. The molecule has 2 rings (SSSR count). The van der Waals surface area contributed by atoms with Crippen molar-refractivity contribution in [3.63, 3.8) is 0 Å². The Balaban J connectivity index is 2.73. The lowest BCUT2D eigenvalue weighted by Crippen LogP contribution is -2.50. The number of ketones is 1. The lowest BCUT2D eigenvalue weighted by Gasteiger charge is -2.51. The Labute approximate surface area is 123 Å². The first kappa shape index (κ1) is 15.3. The van der Waals surface area contributed by atoms with Crippen LogP contribution in [0.15, 0.2) is 18.2 Å². The van der Waals surface area contributed by atoms with Gasteiger partial charge >= 0.3 is 0 Å². The van der Waals surface area contributed by atoms with Gasteiger partial charge in [-0.2, -0.15) is 0 Å². The third-order valence-electron chi connectivity index (χ3n) is 5.73. The standard InChI is InChI=1S/C19H28O/c1-8-14-9-10-15-16(11-14)18(4,5)12(2)17(13(3)20)19(15,6)7/h9-12,17H,8H2,1-7H3. The summed E-state index contributed by atoms with van der Waals surface area (Å²) in [5.41, 5.74) is 4.15. The number of Topliss-reactive ketones (excluding diaryl/α,β-unsaturated/α-hetero) is 1. The molecule has 1 aromatic rings. The SMILES string of the molecule is CCc1ccc2c(c1)C(C)(C)C(C)C(C(C)=O)C2(C)C. The summed E-state index contributed by atoms with van der Waals surface area (Å²) in [5.74, 6) is 0.771. The fourth-order valence-electron chi connectivity index (χ4n) is 4.22. The van der Waals surface area contributed by atoms with Crippen molar-refractivity contribution < 1.29 is 4.79 Å². The fraction of sp³-hybridized carbons (Fsp3) is 0.632. The second kappa shape index (κ2) is 4.72. The van der Waals surface area contributed by atoms with Gasteiger partial charge in [-0.3, -0.25) is 4.79 Å². The summed E-state index contributed by atoms with van der Waals surface area (Å²) in [5, 5.41) is 0. The van der Waals surface area contributed by atoms with Crippen LogP contribution in [0.3, 0.4) is 0 Å². The number of aryl methyl sites for hydroxylation is 1. The molecule has 0 fully saturated rings. The summed E-state index contributed by atoms with van der Waals surface area (Å²) < 4.78 is 0. The molecule has 0 bridgehead atoms. The molecule has 0 spiro atoms. The van der Waals surface area contributed by atoms with Gasteiger partial charge in [0.25, 0.3) is 0 Å². The van der Waals surface area contributed by atoms with Gasteiger partial charge in [-0.25, -0.2) is 0 Å². The monoisotopic (exact) mass is 272 g/mol. The van der Waals surface area contributed by atoms with Crippen molar-refractivity contribution in [2.45, 2.75) is 65.7 Å². The summed E-state index contributed by atoms with van der Waals surface area (Å²) in [6.45, 7) is 15.2. The molecule has 1 aliphatic carbocycles. The van der Waals surface area contributed by atoms with E-state index in [1.807, 2.05) is 0 Å². The van der Waals surface area contributed by atoms with Crippen LogP contribution in [-0.2, 0) is 22.0 Å². The lowest BCUT2D eigenvalue weighted by molar-refractivity contribution is -0.126. The minimum absolute atomic E-state index is 0.0480. The molecule has 0 saturated carbocycles. The number of carbonyl (C=O) groups excluding carboxylic acids is 1. The van der Waals surface area contributed by atoms with Crippen molar-refractivity contribution in [3.05, 3.63) is 34.9 Å². The summed E-state index contributed by atoms with van der Waals surface area (Å²) in [7, 11) is 0. The van der Waals surface area contributed by atoms with Gasteiger partial charge < -0.3 is 0 Å². The minimum Gasteiger partial charge on any atom is -0.300 e. The van der Waals surface area contributed by atoms with Gasteiger partial charge in [-0.15, -0.1) is 0 Å². The van der Waals surface area contributed by atoms with Crippen LogP contribution in [0.2, 0.25) is 0 Å². The van der Waals surface area contributed by atoms with E-state index in [4.69, 9.17) is 0 Å². The summed E-state index contributed by atoms with van der Waals surface area (Å²) >= 11 is 0. The van der Waals surface area contributed by atoms with Gasteiger partial charge in [0.05, 0.1) is 0 Å². The molecule has 2 atom stereocenters. The number of benzene rings is 1. The van der Waals surface area contributed by atoms with Gasteiger partial charge in [0.15, 0.2) is 0 Å². The van der Waals surface area contributed by atoms with Crippen molar-refractivity contribution in [2.75, 3.05) is 0 Å². The highest BCUT2D eigenvalue weighted by Crippen LogP contribution is 2.52. The maximum Gasteiger partial charge on any atom is 0.134 e. The van der Waals surface area contributed by atoms with Crippen molar-refractivity contribution in [1.82, 2.24) is 0 Å². The van der Waals surface area contributed by atoms with Crippen LogP contribution in [0.4, 0.5) is 0 Å². The summed E-state index contributed by atoms with van der Waals surface area (Å²) in [6, 6.07) is 6.85. The van der Waals surface area contributed by atoms with Crippen LogP contribution >= 0.6 is 0 Å². The molecule has 2 unspecified atom stereocenters. The fourth-order valence-corrected chi connectivity index (χ4v) is 4.22. The lowest BCUT2D eigenvalue weighted by atomic mass is 9.52. The second-order valence-electron chi connectivity index (χ2n) is 7.55. The van der Waals surface area contributed by atoms with Crippen LogP contribution < -0.4 is 0 Å². The Morgan fingerprint density at radius 3 is 2.20 bits per heavy atom. The number of hydrogen-bond acceptors (Lipinski definition) is 1. The largest absolute Gasteiger partial charge is 0.300 e. The first-order valence-electron chi connectivity index (χ1n) is 7.78. The molecule has 110 valence electrons. The van der Waals surface area contributed by atoms with Crippen molar-refractivity contribution >= 4 is 5.78 Å². The predicted molar refractivity (Wildman–Crippen MR) is 85.2 cm³/mol. The zero-order chi connectivity index (χ0) is 15.3. The smallest absolute Gasteiger partial charge is 0.134 e. The van der Waals surface area contributed by atoms with E-state index in [9.17, 15) is 4.79 Å². The highest BCUT2D eigenvalue weighted by Gasteiger charge is 2.50. The van der Waals surface area contributed by atoms with Gasteiger partial charge in [-0.1, -0.05) is 59.7 Å². The van der Waals surface area contributed by atoms with Crippen LogP contribution in [0.5, 0.6) is 0 Å². The number of rotatable bonds is 2. The molecule has 0 radical (unpaired) electrons. The van der Waals surface area contributed by atoms with Crippen molar-refractivity contribution in [3.8, 4) is 0 Å². The molecule has 20 heavy (non-hydrogen) atoms. The van der Waals surface area contributed by atoms with E-state index in [1.165, 1.54) is 16.7 Å². The van der Waals surface area contributed by atoms with E-state index in [1.54, 1.807) is 6.92 Å². The molecule has 1 aliphatic rings. The Kier molecular flexibility index (Phi) is 3.60. The Morgan fingerprint density at radius 1 is 1.10 bits per heavy atom. The van der Waals surface area contributed by atoms with Gasteiger partial charge in [0, 0.05) is 5.92 Å². The molecule has 1 aromatic carbocycles. The van der Waals surface area contributed by atoms with Crippen LogP contribution in [-0.4, -0.2) is 5.78 Å². The molecular formula is C19H28O. The van der Waals surface area contributed by atoms with E-state index in [0.717, 1.165) is 6.42 Å². The first-order chi connectivity index (χ1) is 9.14. The van der Waals surface area contributed by atoms with E-state index >= 15 is 0 Å². The van der Waals surface area contributed by atoms with Gasteiger partial charge in [0.1, 0.15) is 5.78 Å². The summed E-state index contributed by atoms with van der Waals surface area (Å²) in [4.78, 5) is 12.2. The van der Waals surface area contributed by atoms with Crippen LogP contribution in [0.1, 0.15) is 65.2 Å². The highest BCUT2D eigenvalue weighted by atomic mass is 16.1. The molecule has 0 heterocycles. The van der Waals surface area contributed by atoms with E-state index < -0.39 is 0 Å². The van der Waals surface area contributed by atoms with Gasteiger partial charge in [0.2, 0.25) is 0 Å². The molecule has 0 aromatic heterocycles. The number of fused-ring (bicyclic) bond motifs is 1. The predicted octanol–water partition coefficient (Wildman–Crippen LogP) is 4.66. The molecule has 0 aliphatic heterocycles.